The number of para-hydroxylation sites is 1. The van der Waals surface area contributed by atoms with Crippen LogP contribution in [-0.2, 0) is 0 Å². The van der Waals surface area contributed by atoms with Crippen molar-refractivity contribution >= 4 is 35.8 Å². The molecule has 0 spiro atoms. The number of aromatic hydroxyl groups is 1. The summed E-state index contributed by atoms with van der Waals surface area (Å²) < 4.78 is 1.64. The molecule has 0 atom stereocenters. The second kappa shape index (κ2) is 6.48. The molecule has 1 aliphatic heterocycles. The minimum absolute atomic E-state index is 0.141. The van der Waals surface area contributed by atoms with Gasteiger partial charge in [0.15, 0.2) is 4.77 Å². The molecule has 2 heterocycles. The number of aromatic nitrogens is 2. The van der Waals surface area contributed by atoms with Crippen molar-refractivity contribution in [1.82, 2.24) is 9.55 Å². The van der Waals surface area contributed by atoms with Gasteiger partial charge in [-0.05, 0) is 55.4 Å². The van der Waals surface area contributed by atoms with Gasteiger partial charge in [-0.15, -0.1) is 0 Å². The third kappa shape index (κ3) is 2.84. The van der Waals surface area contributed by atoms with Gasteiger partial charge in [-0.25, -0.2) is 0 Å². The number of nitrogens with zero attached hydrogens (tertiary/aromatic N) is 2. The molecule has 0 saturated heterocycles. The van der Waals surface area contributed by atoms with Crippen LogP contribution in [0.15, 0.2) is 52.3 Å². The molecule has 3 aromatic rings. The van der Waals surface area contributed by atoms with Crippen LogP contribution in [0.3, 0.4) is 0 Å². The largest absolute Gasteiger partial charge is 0.494 e. The standard InChI is InChI=1S/C21H17N3O2S/c1-12-6-5-9-18(13(12)2)24-20(26)16(19(25)23-21(24)27)10-14-11-22-17-8-4-3-7-15(14)17/h3-11,26H,1-2H3,(H,23,25,27). The minimum Gasteiger partial charge on any atom is -0.494 e. The number of fused-ring (bicyclic) bond motifs is 1. The number of aromatic amines is 1. The Morgan fingerprint density at radius 2 is 1.93 bits per heavy atom. The molecule has 6 heteroatoms. The van der Waals surface area contributed by atoms with Crippen LogP contribution in [0, 0.1) is 18.6 Å². The zero-order valence-corrected chi connectivity index (χ0v) is 15.7. The van der Waals surface area contributed by atoms with E-state index in [0.717, 1.165) is 33.6 Å². The zero-order valence-electron chi connectivity index (χ0n) is 14.9. The van der Waals surface area contributed by atoms with Crippen LogP contribution in [-0.4, -0.2) is 20.9 Å². The highest BCUT2D eigenvalue weighted by atomic mass is 32.1. The molecule has 0 saturated carbocycles. The number of nitrogens with one attached hydrogen (secondary N) is 1. The number of allylic oxidation sites excluding steroid dienone is 1. The zero-order chi connectivity index (χ0) is 19.1. The SMILES string of the molecule is Cc1cccc(-n2c(O)c(C=C3C=Nc4ccccc43)c(=O)[nH]c2=S)c1C. The molecule has 0 radical (unpaired) electrons. The quantitative estimate of drug-likeness (QED) is 0.649. The summed E-state index contributed by atoms with van der Waals surface area (Å²) in [6.07, 6.45) is 3.33. The monoisotopic (exact) mass is 375 g/mol. The molecule has 1 aromatic heterocycles. The number of benzene rings is 2. The van der Waals surface area contributed by atoms with Crippen molar-refractivity contribution in [1.29, 1.82) is 0 Å². The topological polar surface area (TPSA) is 70.4 Å². The van der Waals surface area contributed by atoms with Crippen LogP contribution in [0.4, 0.5) is 5.69 Å². The van der Waals surface area contributed by atoms with Crippen molar-refractivity contribution in [2.24, 2.45) is 4.99 Å². The lowest BCUT2D eigenvalue weighted by atomic mass is 10.0. The number of rotatable bonds is 2. The Bertz CT molecular complexity index is 1250. The highest BCUT2D eigenvalue weighted by Crippen LogP contribution is 2.33. The van der Waals surface area contributed by atoms with E-state index < -0.39 is 5.56 Å². The lowest BCUT2D eigenvalue weighted by molar-refractivity contribution is 0.431. The van der Waals surface area contributed by atoms with E-state index >= 15 is 0 Å². The lowest BCUT2D eigenvalue weighted by Crippen LogP contribution is -2.16. The molecule has 0 unspecified atom stereocenters. The van der Waals surface area contributed by atoms with Crippen LogP contribution >= 0.6 is 12.2 Å². The highest BCUT2D eigenvalue weighted by Gasteiger charge is 2.17. The van der Waals surface area contributed by atoms with Crippen LogP contribution in [0.5, 0.6) is 5.88 Å². The van der Waals surface area contributed by atoms with Crippen molar-refractivity contribution in [2.75, 3.05) is 0 Å². The molecule has 0 bridgehead atoms. The average molecular weight is 375 g/mol. The predicted molar refractivity (Wildman–Crippen MR) is 111 cm³/mol. The molecule has 2 N–H and O–H groups in total. The fraction of sp³-hybridized carbons (Fsp3) is 0.0952. The summed E-state index contributed by atoms with van der Waals surface area (Å²) in [7, 11) is 0. The van der Waals surface area contributed by atoms with Gasteiger partial charge in [0.05, 0.1) is 11.4 Å². The summed E-state index contributed by atoms with van der Waals surface area (Å²) in [6.45, 7) is 3.94. The van der Waals surface area contributed by atoms with E-state index in [2.05, 4.69) is 9.98 Å². The normalized spacial score (nSPS) is 13.9. The average Bonchev–Trinajstić information content (AvgIpc) is 3.05. The van der Waals surface area contributed by atoms with Crippen molar-refractivity contribution in [2.45, 2.75) is 13.8 Å². The smallest absolute Gasteiger partial charge is 0.262 e. The summed E-state index contributed by atoms with van der Waals surface area (Å²) in [5, 5.41) is 10.9. The second-order valence-corrected chi connectivity index (χ2v) is 6.81. The van der Waals surface area contributed by atoms with Crippen molar-refractivity contribution in [3.8, 4) is 11.6 Å². The summed E-state index contributed by atoms with van der Waals surface area (Å²) in [4.78, 5) is 19.5. The Balaban J connectivity index is 1.96. The van der Waals surface area contributed by atoms with Crippen LogP contribution in [0.25, 0.3) is 17.3 Å². The Morgan fingerprint density at radius 3 is 2.74 bits per heavy atom. The van der Waals surface area contributed by atoms with Gasteiger partial charge < -0.3 is 5.11 Å². The molecule has 134 valence electrons. The first-order chi connectivity index (χ1) is 13.0. The van der Waals surface area contributed by atoms with Crippen LogP contribution in [0.2, 0.25) is 0 Å². The van der Waals surface area contributed by atoms with Crippen molar-refractivity contribution in [3.05, 3.63) is 79.8 Å². The molecular formula is C21H17N3O2S. The van der Waals surface area contributed by atoms with E-state index in [9.17, 15) is 9.90 Å². The van der Waals surface area contributed by atoms with Gasteiger partial charge in [0.2, 0.25) is 5.88 Å². The maximum absolute atomic E-state index is 12.5. The molecule has 2 aromatic carbocycles. The Labute approximate surface area is 161 Å². The maximum Gasteiger partial charge on any atom is 0.262 e. The molecular weight excluding hydrogens is 358 g/mol. The number of hydrogen-bond donors (Lipinski definition) is 2. The third-order valence-electron chi connectivity index (χ3n) is 4.80. The van der Waals surface area contributed by atoms with E-state index in [1.807, 2.05) is 56.3 Å². The van der Waals surface area contributed by atoms with E-state index in [1.54, 1.807) is 12.3 Å². The minimum atomic E-state index is -0.440. The number of aliphatic imine (C=N–C) groups is 1. The van der Waals surface area contributed by atoms with E-state index in [1.165, 1.54) is 4.57 Å². The van der Waals surface area contributed by atoms with Gasteiger partial charge in [0.25, 0.3) is 5.56 Å². The van der Waals surface area contributed by atoms with Gasteiger partial charge in [-0.3, -0.25) is 19.3 Å². The number of aryl methyl sites for hydroxylation is 1. The van der Waals surface area contributed by atoms with Crippen molar-refractivity contribution < 1.29 is 5.11 Å². The first-order valence-electron chi connectivity index (χ1n) is 8.47. The van der Waals surface area contributed by atoms with E-state index in [0.29, 0.717) is 0 Å². The molecule has 0 amide bonds. The fourth-order valence-corrected chi connectivity index (χ4v) is 3.46. The molecule has 27 heavy (non-hydrogen) atoms. The van der Waals surface area contributed by atoms with Gasteiger partial charge >= 0.3 is 0 Å². The summed E-state index contributed by atoms with van der Waals surface area (Å²) in [5.41, 5.74) is 4.98. The Hall–Kier alpha value is -3.25. The lowest BCUT2D eigenvalue weighted by Gasteiger charge is -2.15. The maximum atomic E-state index is 12.5. The summed E-state index contributed by atoms with van der Waals surface area (Å²) >= 11 is 5.32. The first kappa shape index (κ1) is 17.2. The Kier molecular flexibility index (Phi) is 4.12. The van der Waals surface area contributed by atoms with E-state index in [4.69, 9.17) is 12.2 Å². The Morgan fingerprint density at radius 1 is 1.15 bits per heavy atom. The second-order valence-electron chi connectivity index (χ2n) is 6.43. The van der Waals surface area contributed by atoms with Gasteiger partial charge in [-0.1, -0.05) is 30.3 Å². The van der Waals surface area contributed by atoms with Gasteiger partial charge in [-0.2, -0.15) is 0 Å². The summed E-state index contributed by atoms with van der Waals surface area (Å²) in [6, 6.07) is 13.4. The summed E-state index contributed by atoms with van der Waals surface area (Å²) in [5.74, 6) is -0.192. The third-order valence-corrected chi connectivity index (χ3v) is 5.08. The van der Waals surface area contributed by atoms with Gasteiger partial charge in [0, 0.05) is 17.4 Å². The van der Waals surface area contributed by atoms with Crippen molar-refractivity contribution in [3.63, 3.8) is 0 Å². The van der Waals surface area contributed by atoms with Crippen LogP contribution in [0.1, 0.15) is 22.3 Å². The molecule has 4 rings (SSSR count). The molecule has 5 nitrogen and oxygen atoms in total. The molecule has 0 fully saturated rings. The van der Waals surface area contributed by atoms with E-state index in [-0.39, 0.29) is 16.2 Å². The predicted octanol–water partition coefficient (Wildman–Crippen LogP) is 4.47. The van der Waals surface area contributed by atoms with Crippen LogP contribution < -0.4 is 5.56 Å². The molecule has 1 aliphatic rings. The number of hydrogen-bond acceptors (Lipinski definition) is 4. The highest BCUT2D eigenvalue weighted by molar-refractivity contribution is 7.71. The first-order valence-corrected chi connectivity index (χ1v) is 8.88. The fourth-order valence-electron chi connectivity index (χ4n) is 3.18. The molecule has 0 aliphatic carbocycles. The number of H-pyrrole nitrogens is 1. The van der Waals surface area contributed by atoms with Gasteiger partial charge in [0.1, 0.15) is 5.56 Å².